The van der Waals surface area contributed by atoms with Crippen molar-refractivity contribution in [3.63, 3.8) is 0 Å². The standard InChI is InChI=1S/C108H68B2N6S3/c1-7-33-69(34-8-1)77-48-29-49-78(70-35-9-2-10-36-70)105(77)116-90-56-25-23-54-86(90)110-88-67-87-94(68-95(88)115(93-59-32-52-84-81-47-21-28-62-102(81)119-108(84)93)98-65-76(66-99(116)104(98)110)112(73-41-15-5-16-42-73)91-57-30-50-82-79-45-19-26-60-100(79)117-106(82)91)114(92-58-31-51-83-80-46-20-27-61-101(80)118-107(83)92)97-64-75(111(71-37-11-3-12-38-71)72-39-13-4-14-40-72)63-96-103(97)109(87)85-53-22-24-55-89(85)113(96)74-43-17-6-18-44-74/h1-68H. The summed E-state index contributed by atoms with van der Waals surface area (Å²) in [5, 5.41) is 7.44. The maximum absolute atomic E-state index is 2.73. The molecule has 0 saturated heterocycles. The molecule has 0 N–H and O–H groups in total. The molecule has 0 atom stereocenters. The zero-order chi connectivity index (χ0) is 77.9. The predicted octanol–water partition coefficient (Wildman–Crippen LogP) is 27.2. The maximum atomic E-state index is 2.73. The molecular formula is C108H68B2N6S3. The summed E-state index contributed by atoms with van der Waals surface area (Å²) < 4.78 is 7.42. The van der Waals surface area contributed by atoms with Crippen LogP contribution in [0.1, 0.15) is 0 Å². The second-order valence-corrected chi connectivity index (χ2v) is 34.5. The van der Waals surface area contributed by atoms with E-state index in [4.69, 9.17) is 0 Å². The number of anilines is 18. The van der Waals surface area contributed by atoms with E-state index < -0.39 is 0 Å². The molecule has 11 heteroatoms. The van der Waals surface area contributed by atoms with Gasteiger partial charge in [-0.25, -0.2) is 0 Å². The molecule has 0 unspecified atom stereocenters. The number of hydrogen-bond acceptors (Lipinski definition) is 9. The van der Waals surface area contributed by atoms with Crippen LogP contribution in [-0.2, 0) is 0 Å². The zero-order valence-corrected chi connectivity index (χ0v) is 66.8. The molecule has 0 fully saturated rings. The number of nitrogens with zero attached hydrogens (tertiary/aromatic N) is 6. The zero-order valence-electron chi connectivity index (χ0n) is 64.3. The van der Waals surface area contributed by atoms with Crippen LogP contribution in [0.5, 0.6) is 0 Å². The van der Waals surface area contributed by atoms with Crippen LogP contribution in [0.4, 0.5) is 102 Å². The highest BCUT2D eigenvalue weighted by Crippen LogP contribution is 2.58. The molecule has 4 aliphatic rings. The number of rotatable bonds is 12. The lowest BCUT2D eigenvalue weighted by Gasteiger charge is -2.48. The number of hydrogen-bond donors (Lipinski definition) is 0. The summed E-state index contributed by atoms with van der Waals surface area (Å²) in [6, 6.07) is 156. The van der Waals surface area contributed by atoms with Crippen molar-refractivity contribution < 1.29 is 0 Å². The van der Waals surface area contributed by atoms with Crippen LogP contribution in [0.25, 0.3) is 82.8 Å². The van der Waals surface area contributed by atoms with Gasteiger partial charge >= 0.3 is 0 Å². The summed E-state index contributed by atoms with van der Waals surface area (Å²) in [4.78, 5) is 15.7. The number of para-hydroxylation sites is 7. The Balaban J connectivity index is 0.854. The summed E-state index contributed by atoms with van der Waals surface area (Å²) in [5.74, 6) is 0. The maximum Gasteiger partial charge on any atom is 0.252 e. The van der Waals surface area contributed by atoms with Crippen molar-refractivity contribution >= 4 is 243 Å². The van der Waals surface area contributed by atoms with Crippen molar-refractivity contribution in [2.45, 2.75) is 0 Å². The summed E-state index contributed by atoms with van der Waals surface area (Å²) >= 11 is 5.66. The highest BCUT2D eigenvalue weighted by molar-refractivity contribution is 7.27. The topological polar surface area (TPSA) is 19.4 Å². The van der Waals surface area contributed by atoms with Crippen LogP contribution < -0.4 is 62.2 Å². The van der Waals surface area contributed by atoms with Crippen LogP contribution in [0, 0.1) is 0 Å². The lowest BCUT2D eigenvalue weighted by molar-refractivity contribution is 1.22. The van der Waals surface area contributed by atoms with E-state index in [0.717, 1.165) is 125 Å². The van der Waals surface area contributed by atoms with Crippen LogP contribution >= 0.6 is 34.0 Å². The molecule has 7 heterocycles. The van der Waals surface area contributed by atoms with E-state index >= 15 is 0 Å². The number of thiophene rings is 3. The van der Waals surface area contributed by atoms with Gasteiger partial charge in [0.1, 0.15) is 0 Å². The van der Waals surface area contributed by atoms with Gasteiger partial charge in [-0.05, 0) is 171 Å². The molecule has 0 amide bonds. The Morgan fingerprint density at radius 1 is 0.210 bits per heavy atom. The number of benzene rings is 18. The highest BCUT2D eigenvalue weighted by Gasteiger charge is 2.50. The van der Waals surface area contributed by atoms with Gasteiger partial charge in [0.15, 0.2) is 0 Å². The van der Waals surface area contributed by atoms with Gasteiger partial charge in [0.25, 0.3) is 13.4 Å². The van der Waals surface area contributed by atoms with Gasteiger partial charge in [-0.15, -0.1) is 34.0 Å². The fourth-order valence-electron chi connectivity index (χ4n) is 20.0. The summed E-state index contributed by atoms with van der Waals surface area (Å²) in [7, 11) is 0. The van der Waals surface area contributed by atoms with Crippen molar-refractivity contribution in [2.24, 2.45) is 0 Å². The average Bonchev–Trinajstić information content (AvgIpc) is 0.937. The first-order chi connectivity index (χ1) is 59.1. The third kappa shape index (κ3) is 10.4. The van der Waals surface area contributed by atoms with E-state index in [0.29, 0.717) is 0 Å². The van der Waals surface area contributed by atoms with E-state index in [1.165, 1.54) is 93.3 Å². The number of fused-ring (bicyclic) bond motifs is 17. The molecule has 0 radical (unpaired) electrons. The fourth-order valence-corrected chi connectivity index (χ4v) is 23.7. The van der Waals surface area contributed by atoms with Crippen LogP contribution in [0.2, 0.25) is 0 Å². The van der Waals surface area contributed by atoms with Gasteiger partial charge in [0, 0.05) is 126 Å². The smallest absolute Gasteiger partial charge is 0.252 e. The minimum absolute atomic E-state index is 0.259. The Hall–Kier alpha value is -14.5. The molecule has 119 heavy (non-hydrogen) atoms. The molecule has 0 aliphatic carbocycles. The van der Waals surface area contributed by atoms with Crippen LogP contribution in [0.3, 0.4) is 0 Å². The van der Waals surface area contributed by atoms with Crippen LogP contribution in [-0.4, -0.2) is 13.4 Å². The highest BCUT2D eigenvalue weighted by atomic mass is 32.1. The fraction of sp³-hybridized carbons (Fsp3) is 0. The third-order valence-electron chi connectivity index (χ3n) is 24.9. The second kappa shape index (κ2) is 27.1. The summed E-state index contributed by atoms with van der Waals surface area (Å²) in [6.07, 6.45) is 0. The van der Waals surface area contributed by atoms with Gasteiger partial charge in [-0.3, -0.25) is 0 Å². The van der Waals surface area contributed by atoms with E-state index in [2.05, 4.69) is 442 Å². The molecule has 18 aromatic carbocycles. The van der Waals surface area contributed by atoms with Crippen molar-refractivity contribution in [3.05, 3.63) is 413 Å². The Kier molecular flexibility index (Phi) is 15.4. The van der Waals surface area contributed by atoms with Gasteiger partial charge in [-0.2, -0.15) is 0 Å². The Bertz CT molecular complexity index is 7590. The molecule has 554 valence electrons. The molecule has 0 saturated carbocycles. The van der Waals surface area contributed by atoms with Gasteiger partial charge in [-0.1, -0.05) is 285 Å². The SMILES string of the molecule is c1ccc(-c2cccc(-c3ccccc3)c2N2c3ccccc3B3c4cc5c(cc4N(c4cccc6c4sc4ccccc46)c4cc(N(c6ccccc6)c6cccc7c6sc6ccccc67)cc2c43)N(c2cccc3c2sc2ccccc23)c2cc(N(c3ccccc3)c3ccccc3)cc3c2B5c2ccccc2N3c2ccccc2)cc1. The van der Waals surface area contributed by atoms with E-state index in [1.807, 2.05) is 34.0 Å². The monoisotopic (exact) mass is 1570 g/mol. The second-order valence-electron chi connectivity index (χ2n) is 31.3. The molecule has 3 aromatic heterocycles. The summed E-state index contributed by atoms with van der Waals surface area (Å²) in [6.45, 7) is -0.571. The quantitative estimate of drug-likeness (QED) is 0.113. The molecule has 25 rings (SSSR count). The minimum Gasteiger partial charge on any atom is -0.311 e. The van der Waals surface area contributed by atoms with E-state index in [1.54, 1.807) is 0 Å². The first kappa shape index (κ1) is 67.8. The third-order valence-corrected chi connectivity index (χ3v) is 28.5. The lowest BCUT2D eigenvalue weighted by atomic mass is 9.30. The first-order valence-electron chi connectivity index (χ1n) is 40.8. The van der Waals surface area contributed by atoms with Gasteiger partial charge in [0.05, 0.1) is 48.2 Å². The Morgan fingerprint density at radius 3 is 1.04 bits per heavy atom. The first-order valence-corrected chi connectivity index (χ1v) is 43.2. The molecule has 4 aliphatic heterocycles. The van der Waals surface area contributed by atoms with Crippen molar-refractivity contribution in [1.29, 1.82) is 0 Å². The average molecular weight is 1570 g/mol. The van der Waals surface area contributed by atoms with Crippen LogP contribution in [0.15, 0.2) is 413 Å². The molecular weight excluding hydrogens is 1500 g/mol. The molecule has 21 aromatic rings. The minimum atomic E-state index is -0.312. The molecule has 0 bridgehead atoms. The van der Waals surface area contributed by atoms with Crippen molar-refractivity contribution in [2.75, 3.05) is 29.4 Å². The lowest BCUT2D eigenvalue weighted by Crippen LogP contribution is -2.65. The molecule has 6 nitrogen and oxygen atoms in total. The Labute approximate surface area is 701 Å². The van der Waals surface area contributed by atoms with Crippen molar-refractivity contribution in [1.82, 2.24) is 0 Å². The van der Waals surface area contributed by atoms with E-state index in [9.17, 15) is 0 Å². The normalized spacial score (nSPS) is 12.9. The molecule has 0 spiro atoms. The Morgan fingerprint density at radius 2 is 0.555 bits per heavy atom. The largest absolute Gasteiger partial charge is 0.311 e. The van der Waals surface area contributed by atoms with Crippen molar-refractivity contribution in [3.8, 4) is 22.3 Å². The predicted molar refractivity (Wildman–Crippen MR) is 513 cm³/mol. The van der Waals surface area contributed by atoms with Gasteiger partial charge < -0.3 is 29.4 Å². The summed E-state index contributed by atoms with van der Waals surface area (Å²) in [5.41, 5.74) is 31.7. The van der Waals surface area contributed by atoms with E-state index in [-0.39, 0.29) is 13.4 Å². The van der Waals surface area contributed by atoms with Gasteiger partial charge in [0.2, 0.25) is 0 Å².